The van der Waals surface area contributed by atoms with Gasteiger partial charge in [-0.05, 0) is 13.0 Å². The van der Waals surface area contributed by atoms with Crippen molar-refractivity contribution in [3.8, 4) is 11.8 Å². The molecule has 0 aliphatic rings. The van der Waals surface area contributed by atoms with Crippen LogP contribution < -0.4 is 4.74 Å². The van der Waals surface area contributed by atoms with Crippen molar-refractivity contribution in [3.63, 3.8) is 0 Å². The Morgan fingerprint density at radius 3 is 2.39 bits per heavy atom. The van der Waals surface area contributed by atoms with Crippen LogP contribution in [-0.4, -0.2) is 16.5 Å². The van der Waals surface area contributed by atoms with E-state index in [9.17, 15) is 0 Å². The molecule has 0 aromatic carbocycles. The quantitative estimate of drug-likeness (QED) is 0.774. The van der Waals surface area contributed by atoms with Crippen LogP contribution in [0.2, 0.25) is 0 Å². The van der Waals surface area contributed by atoms with Crippen molar-refractivity contribution >= 4 is 5.65 Å². The van der Waals surface area contributed by atoms with Gasteiger partial charge in [0.25, 0.3) is 0 Å². The third kappa shape index (κ3) is 3.01. The van der Waals surface area contributed by atoms with Gasteiger partial charge in [-0.15, -0.1) is 0 Å². The Morgan fingerprint density at radius 2 is 1.89 bits per heavy atom. The number of imidazole rings is 1. The Labute approximate surface area is 109 Å². The molecule has 2 heterocycles. The van der Waals surface area contributed by atoms with Gasteiger partial charge in [-0.25, -0.2) is 4.98 Å². The third-order valence-electron chi connectivity index (χ3n) is 2.14. The van der Waals surface area contributed by atoms with E-state index in [4.69, 9.17) is 10.00 Å². The Hall–Kier alpha value is -2.02. The summed E-state index contributed by atoms with van der Waals surface area (Å²) in [6.45, 7) is 9.95. The standard InChI is InChI=1S/C10H9N3O.2C2H6/c1-7-6-12-10-9(14-2)8(5-11)3-4-13(7)10;2*1-2/h3-4,6H,1-2H3;2*1-2H3. The first kappa shape index (κ1) is 16.0. The predicted octanol–water partition coefficient (Wildman–Crippen LogP) is 3.58. The minimum atomic E-state index is 0.505. The first-order valence-electron chi connectivity index (χ1n) is 6.18. The van der Waals surface area contributed by atoms with Gasteiger partial charge < -0.3 is 9.14 Å². The Bertz CT molecular complexity index is 524. The second-order valence-electron chi connectivity index (χ2n) is 2.97. The molecule has 2 aromatic rings. The highest BCUT2D eigenvalue weighted by Gasteiger charge is 2.10. The molecule has 98 valence electrons. The minimum absolute atomic E-state index is 0.505. The molecule has 0 aliphatic carbocycles. The molecule has 0 bridgehead atoms. The van der Waals surface area contributed by atoms with Crippen molar-refractivity contribution in [3.05, 3.63) is 29.7 Å². The van der Waals surface area contributed by atoms with Gasteiger partial charge in [-0.1, -0.05) is 27.7 Å². The first-order valence-corrected chi connectivity index (χ1v) is 6.18. The third-order valence-corrected chi connectivity index (χ3v) is 2.14. The minimum Gasteiger partial charge on any atom is -0.492 e. The zero-order valence-corrected chi connectivity index (χ0v) is 12.0. The van der Waals surface area contributed by atoms with Crippen molar-refractivity contribution in [2.75, 3.05) is 7.11 Å². The number of nitrogens with zero attached hydrogens (tertiary/aromatic N) is 3. The molecule has 0 atom stereocenters. The van der Waals surface area contributed by atoms with Crippen LogP contribution >= 0.6 is 0 Å². The molecule has 0 amide bonds. The largest absolute Gasteiger partial charge is 0.492 e. The fourth-order valence-electron chi connectivity index (χ4n) is 1.44. The van der Waals surface area contributed by atoms with Crippen molar-refractivity contribution in [2.45, 2.75) is 34.6 Å². The molecule has 0 N–H and O–H groups in total. The molecular weight excluding hydrogens is 226 g/mol. The Kier molecular flexibility index (Phi) is 7.22. The average Bonchev–Trinajstić information content (AvgIpc) is 2.84. The van der Waals surface area contributed by atoms with Crippen molar-refractivity contribution in [2.24, 2.45) is 0 Å². The van der Waals surface area contributed by atoms with Crippen LogP contribution in [0.4, 0.5) is 0 Å². The van der Waals surface area contributed by atoms with Gasteiger partial charge in [-0.2, -0.15) is 5.26 Å². The lowest BCUT2D eigenvalue weighted by Gasteiger charge is -2.04. The highest BCUT2D eigenvalue weighted by atomic mass is 16.5. The molecule has 0 fully saturated rings. The maximum Gasteiger partial charge on any atom is 0.181 e. The van der Waals surface area contributed by atoms with Crippen LogP contribution in [-0.2, 0) is 0 Å². The van der Waals surface area contributed by atoms with E-state index in [1.165, 1.54) is 0 Å². The summed E-state index contributed by atoms with van der Waals surface area (Å²) in [5.41, 5.74) is 2.21. The second kappa shape index (κ2) is 8.13. The summed E-state index contributed by atoms with van der Waals surface area (Å²) in [7, 11) is 1.54. The van der Waals surface area contributed by atoms with Crippen LogP contribution in [0.15, 0.2) is 18.5 Å². The van der Waals surface area contributed by atoms with Gasteiger partial charge in [0.05, 0.1) is 12.7 Å². The molecule has 0 saturated carbocycles. The maximum atomic E-state index is 8.85. The number of nitriles is 1. The smallest absolute Gasteiger partial charge is 0.181 e. The fourth-order valence-corrected chi connectivity index (χ4v) is 1.44. The number of aromatic nitrogens is 2. The number of hydrogen-bond acceptors (Lipinski definition) is 3. The van der Waals surface area contributed by atoms with E-state index in [0.717, 1.165) is 5.69 Å². The summed E-state index contributed by atoms with van der Waals surface area (Å²) in [6.07, 6.45) is 3.57. The molecule has 2 aromatic heterocycles. The van der Waals surface area contributed by atoms with Gasteiger partial charge in [-0.3, -0.25) is 0 Å². The number of ether oxygens (including phenoxy) is 1. The summed E-state index contributed by atoms with van der Waals surface area (Å²) in [5.74, 6) is 0.531. The van der Waals surface area contributed by atoms with Crippen LogP contribution in [0, 0.1) is 18.3 Å². The zero-order chi connectivity index (χ0) is 14.1. The summed E-state index contributed by atoms with van der Waals surface area (Å²) in [4.78, 5) is 4.18. The zero-order valence-electron chi connectivity index (χ0n) is 12.0. The number of rotatable bonds is 1. The monoisotopic (exact) mass is 247 g/mol. The molecule has 0 unspecified atom stereocenters. The lowest BCUT2D eigenvalue weighted by molar-refractivity contribution is 0.415. The van der Waals surface area contributed by atoms with E-state index in [-0.39, 0.29) is 0 Å². The molecule has 0 saturated heterocycles. The number of aryl methyl sites for hydroxylation is 1. The fraction of sp³-hybridized carbons (Fsp3) is 0.429. The van der Waals surface area contributed by atoms with E-state index in [1.807, 2.05) is 45.2 Å². The second-order valence-corrected chi connectivity index (χ2v) is 2.97. The van der Waals surface area contributed by atoms with E-state index in [1.54, 1.807) is 19.4 Å². The molecule has 0 aliphatic heterocycles. The van der Waals surface area contributed by atoms with Gasteiger partial charge in [0, 0.05) is 18.1 Å². The molecule has 4 heteroatoms. The van der Waals surface area contributed by atoms with Gasteiger partial charge in [0.1, 0.15) is 6.07 Å². The number of methoxy groups -OCH3 is 1. The van der Waals surface area contributed by atoms with Gasteiger partial charge >= 0.3 is 0 Å². The van der Waals surface area contributed by atoms with Gasteiger partial charge in [0.15, 0.2) is 11.4 Å². The summed E-state index contributed by atoms with van der Waals surface area (Å²) in [5, 5.41) is 8.85. The lowest BCUT2D eigenvalue weighted by atomic mass is 10.2. The molecular formula is C14H21N3O. The number of pyridine rings is 1. The van der Waals surface area contributed by atoms with Crippen molar-refractivity contribution in [1.82, 2.24) is 9.38 Å². The SMILES string of the molecule is CC.CC.COc1c(C#N)ccn2c(C)cnc12. The van der Waals surface area contributed by atoms with E-state index in [2.05, 4.69) is 11.1 Å². The van der Waals surface area contributed by atoms with Crippen LogP contribution in [0.5, 0.6) is 5.75 Å². The Balaban J connectivity index is 0.000000659. The number of hydrogen-bond donors (Lipinski definition) is 0. The molecule has 4 nitrogen and oxygen atoms in total. The maximum absolute atomic E-state index is 8.85. The summed E-state index contributed by atoms with van der Waals surface area (Å²) >= 11 is 0. The predicted molar refractivity (Wildman–Crippen MR) is 73.9 cm³/mol. The van der Waals surface area contributed by atoms with E-state index in [0.29, 0.717) is 17.0 Å². The van der Waals surface area contributed by atoms with Crippen molar-refractivity contribution in [1.29, 1.82) is 5.26 Å². The van der Waals surface area contributed by atoms with Crippen molar-refractivity contribution < 1.29 is 4.74 Å². The highest BCUT2D eigenvalue weighted by Crippen LogP contribution is 2.23. The summed E-state index contributed by atoms with van der Waals surface area (Å²) < 4.78 is 7.05. The Morgan fingerprint density at radius 1 is 1.28 bits per heavy atom. The molecule has 18 heavy (non-hydrogen) atoms. The first-order chi connectivity index (χ1) is 8.77. The van der Waals surface area contributed by atoms with Crippen LogP contribution in [0.3, 0.4) is 0 Å². The van der Waals surface area contributed by atoms with Crippen LogP contribution in [0.25, 0.3) is 5.65 Å². The van der Waals surface area contributed by atoms with Gasteiger partial charge in [0.2, 0.25) is 0 Å². The van der Waals surface area contributed by atoms with Crippen LogP contribution in [0.1, 0.15) is 39.0 Å². The molecule has 0 spiro atoms. The average molecular weight is 247 g/mol. The number of fused-ring (bicyclic) bond motifs is 1. The van der Waals surface area contributed by atoms with E-state index < -0.39 is 0 Å². The highest BCUT2D eigenvalue weighted by molar-refractivity contribution is 5.62. The van der Waals surface area contributed by atoms with E-state index >= 15 is 0 Å². The normalized spacial score (nSPS) is 8.50. The lowest BCUT2D eigenvalue weighted by Crippen LogP contribution is -1.94. The molecule has 2 rings (SSSR count). The molecule has 0 radical (unpaired) electrons. The summed E-state index contributed by atoms with van der Waals surface area (Å²) in [6, 6.07) is 3.79. The topological polar surface area (TPSA) is 50.3 Å².